The van der Waals surface area contributed by atoms with Gasteiger partial charge >= 0.3 is 0 Å². The monoisotopic (exact) mass is 646 g/mol. The van der Waals surface area contributed by atoms with E-state index >= 15 is 0 Å². The van der Waals surface area contributed by atoms with Gasteiger partial charge in [0.2, 0.25) is 0 Å². The van der Waals surface area contributed by atoms with Crippen LogP contribution in [0.4, 0.5) is 5.69 Å². The standard InChI is InChI=1S/C41H46N2O5/c1-30(24-39(33-14-18-36(45-2)19-15-33)34-16-20-37(46-3)21-17-34)43(26-31-10-6-4-7-11-31)27-35(44)29-47-38-22-23-41(40(42)25-38)48-28-32-12-8-5-9-13-32/h4-23,25,30,35,39,44H,24,26-29,42H2,1-3H3/t30?,35-/m0/s1. The molecule has 48 heavy (non-hydrogen) atoms. The van der Waals surface area contributed by atoms with Crippen LogP contribution >= 0.6 is 0 Å². The van der Waals surface area contributed by atoms with Crippen LogP contribution < -0.4 is 24.7 Å². The van der Waals surface area contributed by atoms with Crippen LogP contribution in [0.3, 0.4) is 0 Å². The van der Waals surface area contributed by atoms with Crippen LogP contribution in [0.5, 0.6) is 23.0 Å². The largest absolute Gasteiger partial charge is 0.497 e. The number of aliphatic hydroxyl groups is 1. The molecule has 0 radical (unpaired) electrons. The van der Waals surface area contributed by atoms with Gasteiger partial charge in [0.05, 0.1) is 19.9 Å². The zero-order valence-electron chi connectivity index (χ0n) is 28.0. The smallest absolute Gasteiger partial charge is 0.142 e. The van der Waals surface area contributed by atoms with Crippen LogP contribution in [0.1, 0.15) is 41.5 Å². The second kappa shape index (κ2) is 17.3. The highest BCUT2D eigenvalue weighted by Gasteiger charge is 2.24. The average Bonchev–Trinajstić information content (AvgIpc) is 3.13. The predicted molar refractivity (Wildman–Crippen MR) is 192 cm³/mol. The van der Waals surface area contributed by atoms with Crippen molar-refractivity contribution in [2.75, 3.05) is 33.1 Å². The van der Waals surface area contributed by atoms with Gasteiger partial charge in [-0.2, -0.15) is 0 Å². The van der Waals surface area contributed by atoms with Crippen molar-refractivity contribution in [1.82, 2.24) is 4.90 Å². The summed E-state index contributed by atoms with van der Waals surface area (Å²) >= 11 is 0. The summed E-state index contributed by atoms with van der Waals surface area (Å²) < 4.78 is 22.8. The van der Waals surface area contributed by atoms with E-state index in [1.165, 1.54) is 16.7 Å². The molecule has 0 fully saturated rings. The van der Waals surface area contributed by atoms with E-state index in [-0.39, 0.29) is 18.6 Å². The van der Waals surface area contributed by atoms with Crippen molar-refractivity contribution in [3.05, 3.63) is 150 Å². The highest BCUT2D eigenvalue weighted by molar-refractivity contribution is 5.56. The minimum atomic E-state index is -0.730. The summed E-state index contributed by atoms with van der Waals surface area (Å²) in [5, 5.41) is 11.3. The Kier molecular flexibility index (Phi) is 12.3. The van der Waals surface area contributed by atoms with Crippen LogP contribution in [0, 0.1) is 0 Å². The third kappa shape index (κ3) is 9.77. The van der Waals surface area contributed by atoms with Gasteiger partial charge in [-0.3, -0.25) is 4.90 Å². The molecule has 250 valence electrons. The first-order chi connectivity index (χ1) is 23.4. The average molecular weight is 647 g/mol. The normalized spacial score (nSPS) is 12.5. The van der Waals surface area contributed by atoms with E-state index < -0.39 is 6.10 Å². The predicted octanol–water partition coefficient (Wildman–Crippen LogP) is 7.72. The van der Waals surface area contributed by atoms with Gasteiger partial charge in [-0.1, -0.05) is 84.9 Å². The Hall–Kier alpha value is -4.98. The lowest BCUT2D eigenvalue weighted by molar-refractivity contribution is 0.0490. The molecule has 0 saturated heterocycles. The van der Waals surface area contributed by atoms with Crippen LogP contribution in [0.2, 0.25) is 0 Å². The molecule has 1 unspecified atom stereocenters. The van der Waals surface area contributed by atoms with Crippen molar-refractivity contribution in [2.45, 2.75) is 44.6 Å². The minimum absolute atomic E-state index is 0.116. The third-order valence-electron chi connectivity index (χ3n) is 8.57. The summed E-state index contributed by atoms with van der Waals surface area (Å²) in [5.74, 6) is 2.95. The van der Waals surface area contributed by atoms with E-state index in [1.54, 1.807) is 20.3 Å². The van der Waals surface area contributed by atoms with Gasteiger partial charge in [-0.15, -0.1) is 0 Å². The van der Waals surface area contributed by atoms with Gasteiger partial charge in [0.25, 0.3) is 0 Å². The van der Waals surface area contributed by atoms with Crippen LogP contribution in [0.15, 0.2) is 127 Å². The maximum atomic E-state index is 11.3. The summed E-state index contributed by atoms with van der Waals surface area (Å²) in [6.45, 7) is 3.91. The number of anilines is 1. The fourth-order valence-electron chi connectivity index (χ4n) is 5.84. The molecular weight excluding hydrogens is 600 g/mol. The molecule has 7 nitrogen and oxygen atoms in total. The van der Waals surface area contributed by atoms with Gasteiger partial charge in [0.15, 0.2) is 0 Å². The first-order valence-corrected chi connectivity index (χ1v) is 16.3. The summed E-state index contributed by atoms with van der Waals surface area (Å²) in [5.41, 5.74) is 11.4. The van der Waals surface area contributed by atoms with Gasteiger partial charge in [0, 0.05) is 31.1 Å². The molecule has 0 aliphatic rings. The number of nitrogens with two attached hydrogens (primary N) is 1. The number of nitrogens with zero attached hydrogens (tertiary/aromatic N) is 1. The number of hydrogen-bond donors (Lipinski definition) is 2. The van der Waals surface area contributed by atoms with Crippen molar-refractivity contribution in [1.29, 1.82) is 0 Å². The molecule has 0 saturated carbocycles. The number of methoxy groups -OCH3 is 2. The van der Waals surface area contributed by atoms with Crippen molar-refractivity contribution < 1.29 is 24.1 Å². The Labute approximate surface area is 284 Å². The number of rotatable bonds is 17. The Morgan fingerprint density at radius 1 is 0.667 bits per heavy atom. The fraction of sp³-hybridized carbons (Fsp3) is 0.268. The third-order valence-corrected chi connectivity index (χ3v) is 8.57. The molecule has 0 bridgehead atoms. The Morgan fingerprint density at radius 2 is 1.21 bits per heavy atom. The number of aliphatic hydroxyl groups excluding tert-OH is 1. The molecule has 0 aromatic heterocycles. The zero-order valence-corrected chi connectivity index (χ0v) is 28.0. The van der Waals surface area contributed by atoms with Gasteiger partial charge in [0.1, 0.15) is 42.3 Å². The molecule has 0 aliphatic carbocycles. The van der Waals surface area contributed by atoms with Crippen LogP contribution in [0.25, 0.3) is 0 Å². The lowest BCUT2D eigenvalue weighted by Gasteiger charge is -2.34. The number of hydrogen-bond acceptors (Lipinski definition) is 7. The molecule has 5 rings (SSSR count). The maximum absolute atomic E-state index is 11.3. The second-order valence-electron chi connectivity index (χ2n) is 12.0. The zero-order chi connectivity index (χ0) is 33.7. The molecule has 5 aromatic rings. The van der Waals surface area contributed by atoms with Crippen molar-refractivity contribution in [3.63, 3.8) is 0 Å². The molecule has 0 heterocycles. The van der Waals surface area contributed by atoms with E-state index in [9.17, 15) is 5.11 Å². The number of nitrogen functional groups attached to an aromatic ring is 1. The van der Waals surface area contributed by atoms with E-state index in [0.717, 1.165) is 23.5 Å². The summed E-state index contributed by atoms with van der Waals surface area (Å²) in [4.78, 5) is 2.33. The topological polar surface area (TPSA) is 86.4 Å². The fourth-order valence-corrected chi connectivity index (χ4v) is 5.84. The van der Waals surface area contributed by atoms with Gasteiger partial charge < -0.3 is 29.8 Å². The lowest BCUT2D eigenvalue weighted by atomic mass is 9.85. The quantitative estimate of drug-likeness (QED) is 0.100. The Morgan fingerprint density at radius 3 is 1.75 bits per heavy atom. The summed E-state index contributed by atoms with van der Waals surface area (Å²) in [6.07, 6.45) is 0.104. The number of ether oxygens (including phenoxy) is 4. The molecule has 7 heteroatoms. The molecule has 0 spiro atoms. The van der Waals surface area contributed by atoms with Crippen LogP contribution in [-0.4, -0.2) is 49.5 Å². The van der Waals surface area contributed by atoms with Crippen molar-refractivity contribution in [2.24, 2.45) is 0 Å². The molecular formula is C41H46N2O5. The van der Waals surface area contributed by atoms with E-state index in [4.69, 9.17) is 24.7 Å². The van der Waals surface area contributed by atoms with Gasteiger partial charge in [-0.05, 0) is 72.0 Å². The molecule has 2 atom stereocenters. The first kappa shape index (κ1) is 34.4. The lowest BCUT2D eigenvalue weighted by Crippen LogP contribution is -2.41. The minimum Gasteiger partial charge on any atom is -0.497 e. The molecule has 0 amide bonds. The molecule has 0 aliphatic heterocycles. The highest BCUT2D eigenvalue weighted by Crippen LogP contribution is 2.33. The number of benzene rings is 5. The summed E-state index contributed by atoms with van der Waals surface area (Å²) in [7, 11) is 3.36. The van der Waals surface area contributed by atoms with E-state index in [1.807, 2.05) is 84.9 Å². The SMILES string of the molecule is COc1ccc(C(CC(C)N(Cc2ccccc2)C[C@H](O)COc2ccc(OCc3ccccc3)c(N)c2)c2ccc(OC)cc2)cc1. The molecule has 3 N–H and O–H groups in total. The van der Waals surface area contributed by atoms with Crippen molar-refractivity contribution in [3.8, 4) is 23.0 Å². The Bertz CT molecular complexity index is 1620. The highest BCUT2D eigenvalue weighted by atomic mass is 16.5. The maximum Gasteiger partial charge on any atom is 0.142 e. The van der Waals surface area contributed by atoms with Gasteiger partial charge in [-0.25, -0.2) is 0 Å². The molecule has 5 aromatic carbocycles. The van der Waals surface area contributed by atoms with Crippen molar-refractivity contribution >= 4 is 5.69 Å². The van der Waals surface area contributed by atoms with E-state index in [0.29, 0.717) is 36.9 Å². The Balaban J connectivity index is 1.27. The van der Waals surface area contributed by atoms with E-state index in [2.05, 4.69) is 48.2 Å². The summed E-state index contributed by atoms with van der Waals surface area (Å²) in [6, 6.07) is 42.4. The second-order valence-corrected chi connectivity index (χ2v) is 12.0. The first-order valence-electron chi connectivity index (χ1n) is 16.3. The van der Waals surface area contributed by atoms with Crippen LogP contribution in [-0.2, 0) is 13.2 Å².